The van der Waals surface area contributed by atoms with Crippen LogP contribution in [-0.2, 0) is 19.1 Å². The molecule has 0 aliphatic carbocycles. The minimum absolute atomic E-state index is 0.235. The highest BCUT2D eigenvalue weighted by atomic mass is 32.1. The molecule has 0 spiro atoms. The van der Waals surface area contributed by atoms with E-state index in [2.05, 4.69) is 27.3 Å². The zero-order valence-corrected chi connectivity index (χ0v) is 14.4. The standard InChI is InChI=1S/C16H17F3N4OS/c1-2-23-7-3-4-11-8-10(5-6-12(11)23)9-20-13(24)14-21-22-15(25-14)16(17,18)19/h5-6,8H,2-4,7,9H2,1H3,(H,20,24). The number of amides is 1. The lowest BCUT2D eigenvalue weighted by Crippen LogP contribution is -2.29. The summed E-state index contributed by atoms with van der Waals surface area (Å²) in [7, 11) is 0. The topological polar surface area (TPSA) is 58.1 Å². The number of hydrogen-bond donors (Lipinski definition) is 1. The molecule has 0 bridgehead atoms. The summed E-state index contributed by atoms with van der Waals surface area (Å²) >= 11 is 0.243. The molecule has 1 aromatic heterocycles. The lowest BCUT2D eigenvalue weighted by atomic mass is 9.99. The number of carbonyl (C=O) groups is 1. The molecular formula is C16H17F3N4OS. The van der Waals surface area contributed by atoms with Crippen LogP contribution in [0, 0.1) is 0 Å². The minimum atomic E-state index is -4.58. The fourth-order valence-corrected chi connectivity index (χ4v) is 3.48. The van der Waals surface area contributed by atoms with Crippen molar-refractivity contribution < 1.29 is 18.0 Å². The number of nitrogens with zero attached hydrogens (tertiary/aromatic N) is 3. The normalized spacial score (nSPS) is 14.3. The van der Waals surface area contributed by atoms with Crippen molar-refractivity contribution in [2.75, 3.05) is 18.0 Å². The van der Waals surface area contributed by atoms with Gasteiger partial charge >= 0.3 is 6.18 Å². The quantitative estimate of drug-likeness (QED) is 0.898. The smallest absolute Gasteiger partial charge is 0.372 e. The maximum atomic E-state index is 12.5. The average molecular weight is 370 g/mol. The van der Waals surface area contributed by atoms with Crippen LogP contribution in [0.25, 0.3) is 0 Å². The van der Waals surface area contributed by atoms with Crippen molar-refractivity contribution in [2.45, 2.75) is 32.5 Å². The molecular weight excluding hydrogens is 353 g/mol. The number of alkyl halides is 3. The van der Waals surface area contributed by atoms with Crippen LogP contribution >= 0.6 is 11.3 Å². The molecule has 134 valence electrons. The predicted molar refractivity (Wildman–Crippen MR) is 88.7 cm³/mol. The summed E-state index contributed by atoms with van der Waals surface area (Å²) in [5.74, 6) is -0.652. The third-order valence-electron chi connectivity index (χ3n) is 4.06. The van der Waals surface area contributed by atoms with Gasteiger partial charge in [0.2, 0.25) is 10.0 Å². The van der Waals surface area contributed by atoms with Crippen LogP contribution in [0.15, 0.2) is 18.2 Å². The number of halogens is 3. The van der Waals surface area contributed by atoms with Crippen LogP contribution in [0.1, 0.15) is 39.3 Å². The maximum absolute atomic E-state index is 12.5. The van der Waals surface area contributed by atoms with Crippen molar-refractivity contribution in [1.29, 1.82) is 0 Å². The Labute approximate surface area is 146 Å². The third kappa shape index (κ3) is 3.92. The number of fused-ring (bicyclic) bond motifs is 1. The first-order valence-corrected chi connectivity index (χ1v) is 8.75. The lowest BCUT2D eigenvalue weighted by Gasteiger charge is -2.30. The average Bonchev–Trinajstić information content (AvgIpc) is 3.09. The molecule has 0 unspecified atom stereocenters. The van der Waals surface area contributed by atoms with Crippen molar-refractivity contribution in [2.24, 2.45) is 0 Å². The first-order chi connectivity index (χ1) is 11.9. The Morgan fingerprint density at radius 1 is 1.36 bits per heavy atom. The van der Waals surface area contributed by atoms with E-state index in [-0.39, 0.29) is 22.9 Å². The Morgan fingerprint density at radius 3 is 2.84 bits per heavy atom. The van der Waals surface area contributed by atoms with Crippen LogP contribution < -0.4 is 10.2 Å². The van der Waals surface area contributed by atoms with Crippen molar-refractivity contribution in [3.8, 4) is 0 Å². The molecule has 0 radical (unpaired) electrons. The molecule has 25 heavy (non-hydrogen) atoms. The number of aryl methyl sites for hydroxylation is 1. The molecule has 2 heterocycles. The molecule has 5 nitrogen and oxygen atoms in total. The molecule has 0 saturated heterocycles. The number of rotatable bonds is 4. The zero-order chi connectivity index (χ0) is 18.0. The summed E-state index contributed by atoms with van der Waals surface area (Å²) in [5, 5.41) is 7.52. The molecule has 0 fully saturated rings. The third-order valence-corrected chi connectivity index (χ3v) is 5.02. The maximum Gasteiger partial charge on any atom is 0.445 e. The molecule has 0 atom stereocenters. The Kier molecular flexibility index (Phi) is 4.94. The van der Waals surface area contributed by atoms with Gasteiger partial charge in [-0.2, -0.15) is 13.2 Å². The highest BCUT2D eigenvalue weighted by Gasteiger charge is 2.36. The summed E-state index contributed by atoms with van der Waals surface area (Å²) in [4.78, 5) is 14.3. The second kappa shape index (κ2) is 6.99. The van der Waals surface area contributed by atoms with Crippen molar-refractivity contribution >= 4 is 22.9 Å². The van der Waals surface area contributed by atoms with Gasteiger partial charge in [-0.1, -0.05) is 23.5 Å². The fourth-order valence-electron chi connectivity index (χ4n) is 2.85. The van der Waals surface area contributed by atoms with Gasteiger partial charge in [-0.25, -0.2) is 0 Å². The van der Waals surface area contributed by atoms with Gasteiger partial charge < -0.3 is 10.2 Å². The van der Waals surface area contributed by atoms with E-state index in [1.54, 1.807) is 0 Å². The first-order valence-electron chi connectivity index (χ1n) is 7.94. The van der Waals surface area contributed by atoms with Gasteiger partial charge in [0.25, 0.3) is 5.91 Å². The Hall–Kier alpha value is -2.16. The SMILES string of the molecule is CCN1CCCc2cc(CNC(=O)c3nnc(C(F)(F)F)s3)ccc21. The summed E-state index contributed by atoms with van der Waals surface area (Å²) in [6.07, 6.45) is -2.51. The highest BCUT2D eigenvalue weighted by molar-refractivity contribution is 7.13. The minimum Gasteiger partial charge on any atom is -0.372 e. The molecule has 1 aromatic carbocycles. The Bertz CT molecular complexity index is 775. The molecule has 2 aromatic rings. The zero-order valence-electron chi connectivity index (χ0n) is 13.6. The van der Waals surface area contributed by atoms with Gasteiger partial charge in [0.15, 0.2) is 0 Å². The molecule has 9 heteroatoms. The molecule has 1 N–H and O–H groups in total. The monoisotopic (exact) mass is 370 g/mol. The lowest BCUT2D eigenvalue weighted by molar-refractivity contribution is -0.138. The van der Waals surface area contributed by atoms with Gasteiger partial charge in [-0.05, 0) is 37.0 Å². The van der Waals surface area contributed by atoms with Gasteiger partial charge in [0, 0.05) is 25.3 Å². The van der Waals surface area contributed by atoms with Gasteiger partial charge in [0.1, 0.15) is 0 Å². The van der Waals surface area contributed by atoms with E-state index in [4.69, 9.17) is 0 Å². The Balaban J connectivity index is 1.65. The molecule has 1 amide bonds. The number of anilines is 1. The van der Waals surface area contributed by atoms with Gasteiger partial charge in [0.05, 0.1) is 0 Å². The molecule has 0 saturated carbocycles. The molecule has 1 aliphatic heterocycles. The van der Waals surface area contributed by atoms with Crippen molar-refractivity contribution in [1.82, 2.24) is 15.5 Å². The predicted octanol–water partition coefficient (Wildman–Crippen LogP) is 3.26. The van der Waals surface area contributed by atoms with Crippen LogP contribution in [0.5, 0.6) is 0 Å². The number of hydrogen-bond acceptors (Lipinski definition) is 5. The van der Waals surface area contributed by atoms with Crippen LogP contribution in [0.4, 0.5) is 18.9 Å². The Morgan fingerprint density at radius 2 is 2.16 bits per heavy atom. The van der Waals surface area contributed by atoms with Gasteiger partial charge in [-0.3, -0.25) is 4.79 Å². The van der Waals surface area contributed by atoms with Crippen molar-refractivity contribution in [3.63, 3.8) is 0 Å². The van der Waals surface area contributed by atoms with Crippen molar-refractivity contribution in [3.05, 3.63) is 39.3 Å². The number of carbonyl (C=O) groups excluding carboxylic acids is 1. The highest BCUT2D eigenvalue weighted by Crippen LogP contribution is 2.31. The van der Waals surface area contributed by atoms with Crippen LogP contribution in [0.3, 0.4) is 0 Å². The van der Waals surface area contributed by atoms with Crippen LogP contribution in [0.2, 0.25) is 0 Å². The number of benzene rings is 1. The number of aromatic nitrogens is 2. The van der Waals surface area contributed by atoms with Crippen LogP contribution in [-0.4, -0.2) is 29.2 Å². The summed E-state index contributed by atoms with van der Waals surface area (Å²) in [6, 6.07) is 6.00. The summed E-state index contributed by atoms with van der Waals surface area (Å²) < 4.78 is 37.5. The first kappa shape index (κ1) is 17.7. The van der Waals surface area contributed by atoms with E-state index >= 15 is 0 Å². The van der Waals surface area contributed by atoms with E-state index in [0.717, 1.165) is 31.5 Å². The summed E-state index contributed by atoms with van der Waals surface area (Å²) in [5.41, 5.74) is 3.35. The van der Waals surface area contributed by atoms with E-state index in [1.165, 1.54) is 11.3 Å². The van der Waals surface area contributed by atoms with E-state index in [0.29, 0.717) is 0 Å². The second-order valence-corrected chi connectivity index (χ2v) is 6.72. The van der Waals surface area contributed by atoms with E-state index in [9.17, 15) is 18.0 Å². The fraction of sp³-hybridized carbons (Fsp3) is 0.438. The molecule has 1 aliphatic rings. The molecule has 3 rings (SSSR count). The van der Waals surface area contributed by atoms with E-state index in [1.807, 2.05) is 18.2 Å². The number of nitrogens with one attached hydrogen (secondary N) is 1. The second-order valence-electron chi connectivity index (χ2n) is 5.74. The summed E-state index contributed by atoms with van der Waals surface area (Å²) in [6.45, 7) is 4.33. The van der Waals surface area contributed by atoms with Gasteiger partial charge in [-0.15, -0.1) is 10.2 Å². The largest absolute Gasteiger partial charge is 0.445 e. The van der Waals surface area contributed by atoms with E-state index < -0.39 is 17.1 Å².